The van der Waals surface area contributed by atoms with E-state index < -0.39 is 0 Å². The Bertz CT molecular complexity index is 1420. The van der Waals surface area contributed by atoms with E-state index in [0.717, 1.165) is 11.3 Å². The number of amides is 1. The molecule has 1 aromatic heterocycles. The molecular formula is C31H35N5O2S. The van der Waals surface area contributed by atoms with Crippen molar-refractivity contribution >= 4 is 40.2 Å². The Morgan fingerprint density at radius 1 is 1.15 bits per heavy atom. The summed E-state index contributed by atoms with van der Waals surface area (Å²) in [7, 11) is 3.73. The fourth-order valence-electron chi connectivity index (χ4n) is 5.55. The minimum Gasteiger partial charge on any atom is -0.495 e. The van der Waals surface area contributed by atoms with Crippen LogP contribution in [0, 0.1) is 0 Å². The molecule has 2 aliphatic heterocycles. The molecule has 2 atom stereocenters. The van der Waals surface area contributed by atoms with Crippen LogP contribution >= 0.6 is 12.2 Å². The second-order valence-electron chi connectivity index (χ2n) is 10.6. The fraction of sp³-hybridized carbons (Fsp3) is 0.323. The van der Waals surface area contributed by atoms with Crippen molar-refractivity contribution in [2.75, 3.05) is 30.9 Å². The van der Waals surface area contributed by atoms with Crippen molar-refractivity contribution in [1.82, 2.24) is 15.2 Å². The van der Waals surface area contributed by atoms with Crippen LogP contribution in [0.5, 0.6) is 5.75 Å². The lowest BCUT2D eigenvalue weighted by atomic mass is 9.86. The number of anilines is 2. The third kappa shape index (κ3) is 5.21. The van der Waals surface area contributed by atoms with Crippen molar-refractivity contribution in [2.24, 2.45) is 0 Å². The van der Waals surface area contributed by atoms with Gasteiger partial charge in [0.1, 0.15) is 5.75 Å². The normalized spacial score (nSPS) is 19.7. The van der Waals surface area contributed by atoms with Crippen molar-refractivity contribution in [1.29, 1.82) is 0 Å². The summed E-state index contributed by atoms with van der Waals surface area (Å²) in [6, 6.07) is 19.7. The summed E-state index contributed by atoms with van der Waals surface area (Å²) < 4.78 is 5.38. The zero-order valence-corrected chi connectivity index (χ0v) is 23.9. The lowest BCUT2D eigenvalue weighted by Crippen LogP contribution is -2.42. The molecule has 0 aliphatic carbocycles. The lowest BCUT2D eigenvalue weighted by molar-refractivity contribution is -0.116. The number of thiocarbonyl (C=S) groups is 1. The second-order valence-corrected chi connectivity index (χ2v) is 11.0. The largest absolute Gasteiger partial charge is 0.495 e. The van der Waals surface area contributed by atoms with E-state index >= 15 is 0 Å². The van der Waals surface area contributed by atoms with Crippen molar-refractivity contribution in [3.05, 3.63) is 89.8 Å². The SMILES string of the molecule is COc1ccccc1NC(=O)CCN1C(=S)NC(c2ccccn2)C1c1ccc2c(c1)C(C)=CC(C)(C)N2C. The van der Waals surface area contributed by atoms with Gasteiger partial charge in [-0.1, -0.05) is 30.3 Å². The van der Waals surface area contributed by atoms with Crippen LogP contribution in [0.3, 0.4) is 0 Å². The minimum atomic E-state index is -0.143. The molecular weight excluding hydrogens is 506 g/mol. The van der Waals surface area contributed by atoms with Gasteiger partial charge in [-0.3, -0.25) is 9.78 Å². The van der Waals surface area contributed by atoms with Gasteiger partial charge in [0.2, 0.25) is 5.91 Å². The number of aromatic nitrogens is 1. The number of likely N-dealkylation sites (N-methyl/N-ethyl adjacent to an activating group) is 1. The zero-order valence-electron chi connectivity index (χ0n) is 23.1. The van der Waals surface area contributed by atoms with E-state index in [-0.39, 0.29) is 30.0 Å². The summed E-state index contributed by atoms with van der Waals surface area (Å²) in [6.07, 6.45) is 4.39. The number of methoxy groups -OCH3 is 1. The third-order valence-electron chi connectivity index (χ3n) is 7.74. The molecule has 0 saturated carbocycles. The highest BCUT2D eigenvalue weighted by Gasteiger charge is 2.40. The van der Waals surface area contributed by atoms with Crippen LogP contribution in [0.4, 0.5) is 11.4 Å². The molecule has 5 rings (SSSR count). The first-order valence-corrected chi connectivity index (χ1v) is 13.6. The van der Waals surface area contributed by atoms with Gasteiger partial charge >= 0.3 is 0 Å². The van der Waals surface area contributed by atoms with Gasteiger partial charge in [0.25, 0.3) is 0 Å². The number of benzene rings is 2. The molecule has 3 aromatic rings. The zero-order chi connectivity index (χ0) is 27.7. The summed E-state index contributed by atoms with van der Waals surface area (Å²) in [5, 5.41) is 7.08. The first-order valence-electron chi connectivity index (χ1n) is 13.2. The number of hydrogen-bond donors (Lipinski definition) is 2. The van der Waals surface area contributed by atoms with Gasteiger partial charge < -0.3 is 25.2 Å². The molecule has 1 saturated heterocycles. The Balaban J connectivity index is 1.45. The van der Waals surface area contributed by atoms with Crippen LogP contribution in [-0.2, 0) is 4.79 Å². The monoisotopic (exact) mass is 541 g/mol. The summed E-state index contributed by atoms with van der Waals surface area (Å²) in [4.78, 5) is 22.1. The minimum absolute atomic E-state index is 0.0631. The lowest BCUT2D eigenvalue weighted by Gasteiger charge is -2.41. The second kappa shape index (κ2) is 10.7. The molecule has 202 valence electrons. The van der Waals surface area contributed by atoms with Crippen LogP contribution in [0.2, 0.25) is 0 Å². The van der Waals surface area contributed by atoms with E-state index in [1.165, 1.54) is 16.8 Å². The van der Waals surface area contributed by atoms with E-state index in [9.17, 15) is 4.79 Å². The Morgan fingerprint density at radius 2 is 1.92 bits per heavy atom. The molecule has 0 bridgehead atoms. The summed E-state index contributed by atoms with van der Waals surface area (Å²) in [5.41, 5.74) is 6.29. The molecule has 7 nitrogen and oxygen atoms in total. The van der Waals surface area contributed by atoms with Gasteiger partial charge in [0.05, 0.1) is 36.1 Å². The average molecular weight is 542 g/mol. The number of ether oxygens (including phenoxy) is 1. The average Bonchev–Trinajstić information content (AvgIpc) is 3.27. The number of nitrogens with one attached hydrogen (secondary N) is 2. The maximum absolute atomic E-state index is 13.0. The molecule has 1 fully saturated rings. The Hall–Kier alpha value is -3.91. The Kier molecular flexibility index (Phi) is 7.32. The van der Waals surface area contributed by atoms with Gasteiger partial charge in [-0.25, -0.2) is 0 Å². The van der Waals surface area contributed by atoms with Crippen molar-refractivity contribution in [3.63, 3.8) is 0 Å². The molecule has 2 unspecified atom stereocenters. The molecule has 3 heterocycles. The maximum atomic E-state index is 13.0. The first kappa shape index (κ1) is 26.7. The number of hydrogen-bond acceptors (Lipinski definition) is 5. The van der Waals surface area contributed by atoms with E-state index in [0.29, 0.717) is 23.1 Å². The quantitative estimate of drug-likeness (QED) is 0.371. The molecule has 0 spiro atoms. The fourth-order valence-corrected chi connectivity index (χ4v) is 5.89. The van der Waals surface area contributed by atoms with Gasteiger partial charge in [0.15, 0.2) is 5.11 Å². The molecule has 2 aromatic carbocycles. The van der Waals surface area contributed by atoms with E-state index in [4.69, 9.17) is 17.0 Å². The van der Waals surface area contributed by atoms with E-state index in [1.54, 1.807) is 13.3 Å². The van der Waals surface area contributed by atoms with Crippen LogP contribution < -0.4 is 20.3 Å². The van der Waals surface area contributed by atoms with E-state index in [2.05, 4.69) is 77.5 Å². The van der Waals surface area contributed by atoms with Crippen LogP contribution in [0.15, 0.2) is 72.9 Å². The summed E-state index contributed by atoms with van der Waals surface area (Å²) in [5.74, 6) is 0.526. The molecule has 1 amide bonds. The number of pyridine rings is 1. The van der Waals surface area contributed by atoms with E-state index in [1.807, 2.05) is 42.5 Å². The number of para-hydroxylation sites is 2. The summed E-state index contributed by atoms with van der Waals surface area (Å²) in [6.45, 7) is 7.08. The smallest absolute Gasteiger partial charge is 0.226 e. The molecule has 0 radical (unpaired) electrons. The first-order chi connectivity index (χ1) is 18.7. The number of nitrogens with zero attached hydrogens (tertiary/aromatic N) is 3. The summed E-state index contributed by atoms with van der Waals surface area (Å²) >= 11 is 5.82. The van der Waals surface area contributed by atoms with Gasteiger partial charge in [-0.15, -0.1) is 0 Å². The number of rotatable bonds is 7. The van der Waals surface area contributed by atoms with Gasteiger partial charge in [-0.2, -0.15) is 0 Å². The molecule has 8 heteroatoms. The highest BCUT2D eigenvalue weighted by molar-refractivity contribution is 7.80. The number of carbonyl (C=O) groups excluding carboxylic acids is 1. The Morgan fingerprint density at radius 3 is 2.67 bits per heavy atom. The number of allylic oxidation sites excluding steroid dienone is 1. The Labute approximate surface area is 235 Å². The number of fused-ring (bicyclic) bond motifs is 1. The third-order valence-corrected chi connectivity index (χ3v) is 8.09. The predicted molar refractivity (Wildman–Crippen MR) is 161 cm³/mol. The topological polar surface area (TPSA) is 69.7 Å². The van der Waals surface area contributed by atoms with Crippen molar-refractivity contribution in [2.45, 2.75) is 44.8 Å². The van der Waals surface area contributed by atoms with Crippen LogP contribution in [-0.4, -0.2) is 47.1 Å². The van der Waals surface area contributed by atoms with Crippen molar-refractivity contribution < 1.29 is 9.53 Å². The predicted octanol–water partition coefficient (Wildman–Crippen LogP) is 5.72. The number of carbonyl (C=O) groups is 1. The van der Waals surface area contributed by atoms with Crippen LogP contribution in [0.25, 0.3) is 5.57 Å². The molecule has 2 N–H and O–H groups in total. The molecule has 2 aliphatic rings. The highest BCUT2D eigenvalue weighted by Crippen LogP contribution is 2.43. The van der Waals surface area contributed by atoms with Crippen molar-refractivity contribution in [3.8, 4) is 5.75 Å². The van der Waals surface area contributed by atoms with Gasteiger partial charge in [0, 0.05) is 37.5 Å². The highest BCUT2D eigenvalue weighted by atomic mass is 32.1. The van der Waals surface area contributed by atoms with Gasteiger partial charge in [-0.05, 0) is 80.5 Å². The standard InChI is InChI=1S/C31H35N5O2S/c1-20-19-31(2,3)35(4)25-14-13-21(18-22(20)25)29-28(24-11-8-9-16-32-24)34-30(39)36(29)17-15-27(37)33-23-10-6-7-12-26(23)38-5/h6-14,16,18-19,28-29H,15,17H2,1-5H3,(H,33,37)(H,34,39). The molecule has 39 heavy (non-hydrogen) atoms. The van der Waals surface area contributed by atoms with Crippen LogP contribution in [0.1, 0.15) is 56.1 Å². The maximum Gasteiger partial charge on any atom is 0.226 e.